The van der Waals surface area contributed by atoms with E-state index in [9.17, 15) is 4.79 Å². The maximum atomic E-state index is 12.0. The predicted octanol–water partition coefficient (Wildman–Crippen LogP) is 2.76. The molecule has 1 heterocycles. The molecule has 100 valence electrons. The summed E-state index contributed by atoms with van der Waals surface area (Å²) in [5.74, 6) is 0.418. The van der Waals surface area contributed by atoms with E-state index in [1.807, 2.05) is 38.1 Å². The molecule has 0 saturated carbocycles. The Labute approximate surface area is 112 Å². The molecule has 5 heteroatoms. The Morgan fingerprint density at radius 1 is 1.42 bits per heavy atom. The van der Waals surface area contributed by atoms with Gasteiger partial charge in [-0.05, 0) is 31.5 Å². The van der Waals surface area contributed by atoms with Gasteiger partial charge < -0.3 is 10.1 Å². The van der Waals surface area contributed by atoms with Crippen molar-refractivity contribution >= 4 is 11.6 Å². The highest BCUT2D eigenvalue weighted by Gasteiger charge is 2.12. The van der Waals surface area contributed by atoms with Crippen molar-refractivity contribution in [3.05, 3.63) is 41.7 Å². The molecule has 1 aromatic carbocycles. The Balaban J connectivity index is 2.12. The van der Waals surface area contributed by atoms with Gasteiger partial charge in [0.25, 0.3) is 5.91 Å². The van der Waals surface area contributed by atoms with Crippen LogP contribution in [0.1, 0.15) is 29.5 Å². The molecule has 2 aromatic rings. The molecule has 0 saturated heterocycles. The molecule has 0 spiro atoms. The zero-order valence-corrected chi connectivity index (χ0v) is 11.1. The minimum atomic E-state index is -0.253. The maximum absolute atomic E-state index is 12.0. The van der Waals surface area contributed by atoms with Gasteiger partial charge in [0, 0.05) is 5.69 Å². The highest BCUT2D eigenvalue weighted by molar-refractivity contribution is 6.03. The van der Waals surface area contributed by atoms with Crippen molar-refractivity contribution in [2.75, 3.05) is 11.9 Å². The lowest BCUT2D eigenvalue weighted by Gasteiger charge is -2.10. The number of para-hydroxylation sites is 2. The fraction of sp³-hybridized carbons (Fsp3) is 0.286. The Morgan fingerprint density at radius 2 is 2.21 bits per heavy atom. The lowest BCUT2D eigenvalue weighted by Crippen LogP contribution is -2.13. The van der Waals surface area contributed by atoms with Crippen molar-refractivity contribution in [2.45, 2.75) is 20.3 Å². The quantitative estimate of drug-likeness (QED) is 0.867. The number of aromatic amines is 1. The monoisotopic (exact) mass is 259 g/mol. The zero-order chi connectivity index (χ0) is 13.7. The number of aromatic nitrogens is 2. The van der Waals surface area contributed by atoms with Gasteiger partial charge in [0.05, 0.1) is 12.3 Å². The zero-order valence-electron chi connectivity index (χ0n) is 11.1. The SMILES string of the molecule is CCCOc1ccccc1NC(=O)c1cc(C)[nH]n1. The van der Waals surface area contributed by atoms with Crippen molar-refractivity contribution in [1.29, 1.82) is 0 Å². The summed E-state index contributed by atoms with van der Waals surface area (Å²) in [4.78, 5) is 12.0. The molecule has 19 heavy (non-hydrogen) atoms. The summed E-state index contributed by atoms with van der Waals surface area (Å²) < 4.78 is 5.59. The molecule has 0 aliphatic carbocycles. The van der Waals surface area contributed by atoms with E-state index in [4.69, 9.17) is 4.74 Å². The van der Waals surface area contributed by atoms with E-state index in [0.717, 1.165) is 12.1 Å². The molecule has 0 aliphatic rings. The Kier molecular flexibility index (Phi) is 4.18. The van der Waals surface area contributed by atoms with Crippen LogP contribution in [-0.2, 0) is 0 Å². The molecule has 2 rings (SSSR count). The number of amides is 1. The number of hydrogen-bond acceptors (Lipinski definition) is 3. The van der Waals surface area contributed by atoms with E-state index < -0.39 is 0 Å². The third-order valence-corrected chi connectivity index (χ3v) is 2.54. The van der Waals surface area contributed by atoms with Gasteiger partial charge in [-0.25, -0.2) is 0 Å². The van der Waals surface area contributed by atoms with Crippen LogP contribution in [0.4, 0.5) is 5.69 Å². The van der Waals surface area contributed by atoms with Crippen molar-refractivity contribution < 1.29 is 9.53 Å². The van der Waals surface area contributed by atoms with E-state index in [1.54, 1.807) is 6.07 Å². The number of hydrogen-bond donors (Lipinski definition) is 2. The van der Waals surface area contributed by atoms with Gasteiger partial charge in [-0.1, -0.05) is 19.1 Å². The highest BCUT2D eigenvalue weighted by Crippen LogP contribution is 2.24. The van der Waals surface area contributed by atoms with E-state index in [1.165, 1.54) is 0 Å². The summed E-state index contributed by atoms with van der Waals surface area (Å²) in [5.41, 5.74) is 1.87. The fourth-order valence-corrected chi connectivity index (χ4v) is 1.63. The molecule has 2 N–H and O–H groups in total. The van der Waals surface area contributed by atoms with Crippen LogP contribution in [0.3, 0.4) is 0 Å². The minimum absolute atomic E-state index is 0.253. The number of anilines is 1. The largest absolute Gasteiger partial charge is 0.491 e. The van der Waals surface area contributed by atoms with Crippen LogP contribution in [0.5, 0.6) is 5.75 Å². The molecule has 1 aromatic heterocycles. The smallest absolute Gasteiger partial charge is 0.276 e. The van der Waals surface area contributed by atoms with Crippen molar-refractivity contribution in [3.63, 3.8) is 0 Å². The van der Waals surface area contributed by atoms with Crippen molar-refractivity contribution in [1.82, 2.24) is 10.2 Å². The summed E-state index contributed by atoms with van der Waals surface area (Å²) >= 11 is 0. The average Bonchev–Trinajstić information content (AvgIpc) is 2.84. The first kappa shape index (κ1) is 13.1. The molecule has 0 unspecified atom stereocenters. The second-order valence-corrected chi connectivity index (χ2v) is 4.23. The highest BCUT2D eigenvalue weighted by atomic mass is 16.5. The molecule has 0 fully saturated rings. The summed E-state index contributed by atoms with van der Waals surface area (Å²) in [5, 5.41) is 9.47. The first-order valence-corrected chi connectivity index (χ1v) is 6.26. The molecule has 0 bridgehead atoms. The second-order valence-electron chi connectivity index (χ2n) is 4.23. The Bertz CT molecular complexity index is 563. The lowest BCUT2D eigenvalue weighted by atomic mass is 10.2. The van der Waals surface area contributed by atoms with Crippen LogP contribution in [0.15, 0.2) is 30.3 Å². The van der Waals surface area contributed by atoms with Crippen LogP contribution in [-0.4, -0.2) is 22.7 Å². The summed E-state index contributed by atoms with van der Waals surface area (Å²) in [6.07, 6.45) is 0.918. The molecule has 0 radical (unpaired) electrons. The lowest BCUT2D eigenvalue weighted by molar-refractivity contribution is 0.102. The van der Waals surface area contributed by atoms with Crippen LogP contribution >= 0.6 is 0 Å². The van der Waals surface area contributed by atoms with Gasteiger partial charge in [0.15, 0.2) is 5.69 Å². The number of ether oxygens (including phenoxy) is 1. The molecule has 0 atom stereocenters. The Morgan fingerprint density at radius 3 is 2.89 bits per heavy atom. The normalized spacial score (nSPS) is 10.2. The molecule has 5 nitrogen and oxygen atoms in total. The molecule has 1 amide bonds. The number of nitrogens with zero attached hydrogens (tertiary/aromatic N) is 1. The predicted molar refractivity (Wildman–Crippen MR) is 73.5 cm³/mol. The number of aryl methyl sites for hydroxylation is 1. The topological polar surface area (TPSA) is 67.0 Å². The third kappa shape index (κ3) is 3.34. The van der Waals surface area contributed by atoms with E-state index >= 15 is 0 Å². The number of H-pyrrole nitrogens is 1. The average molecular weight is 259 g/mol. The van der Waals surface area contributed by atoms with Gasteiger partial charge in [0.2, 0.25) is 0 Å². The summed E-state index contributed by atoms with van der Waals surface area (Å²) in [6, 6.07) is 9.07. The van der Waals surface area contributed by atoms with Crippen LogP contribution < -0.4 is 10.1 Å². The van der Waals surface area contributed by atoms with Gasteiger partial charge in [-0.2, -0.15) is 5.10 Å². The standard InChI is InChI=1S/C14H17N3O2/c1-3-8-19-13-7-5-4-6-11(13)15-14(18)12-9-10(2)16-17-12/h4-7,9H,3,8H2,1-2H3,(H,15,18)(H,16,17). The second kappa shape index (κ2) is 6.04. The van der Waals surface area contributed by atoms with Crippen LogP contribution in [0, 0.1) is 6.92 Å². The van der Waals surface area contributed by atoms with Crippen molar-refractivity contribution in [2.24, 2.45) is 0 Å². The first-order chi connectivity index (χ1) is 9.20. The van der Waals surface area contributed by atoms with Gasteiger partial charge in [0.1, 0.15) is 5.75 Å². The molecular weight excluding hydrogens is 242 g/mol. The number of carbonyl (C=O) groups excluding carboxylic acids is 1. The van der Waals surface area contributed by atoms with Crippen LogP contribution in [0.2, 0.25) is 0 Å². The van der Waals surface area contributed by atoms with Gasteiger partial charge in [-0.3, -0.25) is 9.89 Å². The van der Waals surface area contributed by atoms with Crippen LogP contribution in [0.25, 0.3) is 0 Å². The third-order valence-electron chi connectivity index (χ3n) is 2.54. The summed E-state index contributed by atoms with van der Waals surface area (Å²) in [6.45, 7) is 4.50. The first-order valence-electron chi connectivity index (χ1n) is 6.26. The fourth-order valence-electron chi connectivity index (χ4n) is 1.63. The molecule has 0 aliphatic heterocycles. The minimum Gasteiger partial charge on any atom is -0.491 e. The van der Waals surface area contributed by atoms with Gasteiger partial charge >= 0.3 is 0 Å². The maximum Gasteiger partial charge on any atom is 0.276 e. The van der Waals surface area contributed by atoms with Crippen molar-refractivity contribution in [3.8, 4) is 5.75 Å². The number of rotatable bonds is 5. The Hall–Kier alpha value is -2.30. The number of nitrogens with one attached hydrogen (secondary N) is 2. The van der Waals surface area contributed by atoms with E-state index in [0.29, 0.717) is 23.7 Å². The molecular formula is C14H17N3O2. The van der Waals surface area contributed by atoms with E-state index in [2.05, 4.69) is 15.5 Å². The number of benzene rings is 1. The van der Waals surface area contributed by atoms with E-state index in [-0.39, 0.29) is 5.91 Å². The van der Waals surface area contributed by atoms with Gasteiger partial charge in [-0.15, -0.1) is 0 Å². The summed E-state index contributed by atoms with van der Waals surface area (Å²) in [7, 11) is 0. The number of carbonyl (C=O) groups is 1.